The summed E-state index contributed by atoms with van der Waals surface area (Å²) in [4.78, 5) is 0. The van der Waals surface area contributed by atoms with Crippen molar-refractivity contribution >= 4 is 0 Å². The second-order valence-corrected chi connectivity index (χ2v) is 7.74. The van der Waals surface area contributed by atoms with Crippen LogP contribution in [0.5, 0.6) is 0 Å². The standard InChI is InChI=1S/C19H38/c1-7-9-16(11-10-14(3)4)19-13-12-18(15(5)6)17(19)8-2/h14-19H,7-13H2,1-6H3. The summed E-state index contributed by atoms with van der Waals surface area (Å²) in [6.07, 6.45) is 10.2. The number of rotatable bonds is 8. The molecule has 0 spiro atoms. The second kappa shape index (κ2) is 8.32. The molecule has 0 saturated heterocycles. The molecule has 4 atom stereocenters. The monoisotopic (exact) mass is 266 g/mol. The third-order valence-corrected chi connectivity index (χ3v) is 5.64. The maximum Gasteiger partial charge on any atom is -0.0355 e. The molecule has 19 heavy (non-hydrogen) atoms. The van der Waals surface area contributed by atoms with Crippen LogP contribution < -0.4 is 0 Å². The van der Waals surface area contributed by atoms with Crippen LogP contribution in [0.15, 0.2) is 0 Å². The van der Waals surface area contributed by atoms with Gasteiger partial charge in [-0.2, -0.15) is 0 Å². The molecule has 1 fully saturated rings. The minimum absolute atomic E-state index is 0.877. The SMILES string of the molecule is CCCC(CCC(C)C)C1CCC(C(C)C)C1CC. The van der Waals surface area contributed by atoms with Crippen molar-refractivity contribution in [3.8, 4) is 0 Å². The molecule has 0 bridgehead atoms. The van der Waals surface area contributed by atoms with Gasteiger partial charge in [0.25, 0.3) is 0 Å². The van der Waals surface area contributed by atoms with E-state index in [1.807, 2.05) is 0 Å². The summed E-state index contributed by atoms with van der Waals surface area (Å²) in [5, 5.41) is 0. The molecule has 0 aliphatic heterocycles. The third-order valence-electron chi connectivity index (χ3n) is 5.64. The molecule has 0 heteroatoms. The fourth-order valence-electron chi connectivity index (χ4n) is 4.64. The smallest absolute Gasteiger partial charge is 0.0355 e. The minimum Gasteiger partial charge on any atom is -0.0654 e. The highest BCUT2D eigenvalue weighted by molar-refractivity contribution is 4.89. The lowest BCUT2D eigenvalue weighted by molar-refractivity contribution is 0.172. The molecule has 4 unspecified atom stereocenters. The zero-order valence-electron chi connectivity index (χ0n) is 14.4. The molecule has 1 aliphatic carbocycles. The Morgan fingerprint density at radius 3 is 1.95 bits per heavy atom. The quantitative estimate of drug-likeness (QED) is 0.467. The summed E-state index contributed by atoms with van der Waals surface area (Å²) >= 11 is 0. The average molecular weight is 267 g/mol. The molecule has 0 N–H and O–H groups in total. The van der Waals surface area contributed by atoms with Crippen LogP contribution in [0.25, 0.3) is 0 Å². The lowest BCUT2D eigenvalue weighted by Gasteiger charge is -2.32. The zero-order valence-corrected chi connectivity index (χ0v) is 14.4. The van der Waals surface area contributed by atoms with Crippen molar-refractivity contribution in [3.05, 3.63) is 0 Å². The van der Waals surface area contributed by atoms with Crippen molar-refractivity contribution in [3.63, 3.8) is 0 Å². The molecule has 0 aromatic rings. The van der Waals surface area contributed by atoms with E-state index in [9.17, 15) is 0 Å². The van der Waals surface area contributed by atoms with Gasteiger partial charge in [0, 0.05) is 0 Å². The van der Waals surface area contributed by atoms with Gasteiger partial charge < -0.3 is 0 Å². The van der Waals surface area contributed by atoms with E-state index in [-0.39, 0.29) is 0 Å². The van der Waals surface area contributed by atoms with E-state index in [0.717, 1.165) is 35.5 Å². The molecule has 114 valence electrons. The van der Waals surface area contributed by atoms with Gasteiger partial charge in [0.05, 0.1) is 0 Å². The minimum atomic E-state index is 0.877. The molecule has 0 amide bonds. The van der Waals surface area contributed by atoms with Gasteiger partial charge in [-0.25, -0.2) is 0 Å². The first-order valence-corrected chi connectivity index (χ1v) is 9.01. The fraction of sp³-hybridized carbons (Fsp3) is 1.00. The topological polar surface area (TPSA) is 0 Å². The van der Waals surface area contributed by atoms with E-state index in [0.29, 0.717) is 0 Å². The van der Waals surface area contributed by atoms with Gasteiger partial charge in [-0.15, -0.1) is 0 Å². The highest BCUT2D eigenvalue weighted by atomic mass is 14.4. The number of hydrogen-bond acceptors (Lipinski definition) is 0. The predicted molar refractivity (Wildman–Crippen MR) is 87.3 cm³/mol. The lowest BCUT2D eigenvalue weighted by atomic mass is 9.73. The molecule has 0 nitrogen and oxygen atoms in total. The van der Waals surface area contributed by atoms with E-state index >= 15 is 0 Å². The van der Waals surface area contributed by atoms with Crippen LogP contribution in [-0.4, -0.2) is 0 Å². The molecule has 0 aromatic carbocycles. The van der Waals surface area contributed by atoms with Crippen LogP contribution in [0, 0.1) is 35.5 Å². The molecular formula is C19H38. The molecule has 1 aliphatic rings. The van der Waals surface area contributed by atoms with Crippen LogP contribution in [0.4, 0.5) is 0 Å². The van der Waals surface area contributed by atoms with Gasteiger partial charge in [0.1, 0.15) is 0 Å². The van der Waals surface area contributed by atoms with Crippen LogP contribution >= 0.6 is 0 Å². The van der Waals surface area contributed by atoms with E-state index in [1.165, 1.54) is 44.9 Å². The summed E-state index contributed by atoms with van der Waals surface area (Å²) in [5.74, 6) is 5.85. The van der Waals surface area contributed by atoms with Gasteiger partial charge in [0.2, 0.25) is 0 Å². The van der Waals surface area contributed by atoms with Crippen molar-refractivity contribution in [1.82, 2.24) is 0 Å². The van der Waals surface area contributed by atoms with Gasteiger partial charge in [-0.05, 0) is 54.8 Å². The summed E-state index contributed by atoms with van der Waals surface area (Å²) in [7, 11) is 0. The molecule has 1 rings (SSSR count). The van der Waals surface area contributed by atoms with Crippen LogP contribution in [0.3, 0.4) is 0 Å². The average Bonchev–Trinajstić information content (AvgIpc) is 2.77. The summed E-state index contributed by atoms with van der Waals surface area (Å²) in [6.45, 7) is 14.5. The normalized spacial score (nSPS) is 29.4. The maximum atomic E-state index is 2.44. The van der Waals surface area contributed by atoms with Crippen molar-refractivity contribution in [2.45, 2.75) is 86.5 Å². The van der Waals surface area contributed by atoms with Crippen molar-refractivity contribution in [2.75, 3.05) is 0 Å². The van der Waals surface area contributed by atoms with Crippen molar-refractivity contribution in [1.29, 1.82) is 0 Å². The Kier molecular flexibility index (Phi) is 7.47. The Hall–Kier alpha value is 0. The van der Waals surface area contributed by atoms with Crippen LogP contribution in [0.1, 0.15) is 86.5 Å². The van der Waals surface area contributed by atoms with Crippen LogP contribution in [-0.2, 0) is 0 Å². The first kappa shape index (κ1) is 17.1. The van der Waals surface area contributed by atoms with Crippen LogP contribution in [0.2, 0.25) is 0 Å². The highest BCUT2D eigenvalue weighted by Crippen LogP contribution is 2.48. The molecule has 1 saturated carbocycles. The third kappa shape index (κ3) is 4.80. The van der Waals surface area contributed by atoms with Gasteiger partial charge in [-0.3, -0.25) is 0 Å². The van der Waals surface area contributed by atoms with Crippen molar-refractivity contribution < 1.29 is 0 Å². The fourth-order valence-corrected chi connectivity index (χ4v) is 4.64. The molecular weight excluding hydrogens is 228 g/mol. The Balaban J connectivity index is 2.66. The number of hydrogen-bond donors (Lipinski definition) is 0. The first-order chi connectivity index (χ1) is 9.01. The van der Waals surface area contributed by atoms with Gasteiger partial charge in [-0.1, -0.05) is 67.2 Å². The second-order valence-electron chi connectivity index (χ2n) is 7.74. The van der Waals surface area contributed by atoms with E-state index < -0.39 is 0 Å². The lowest BCUT2D eigenvalue weighted by Crippen LogP contribution is -2.24. The zero-order chi connectivity index (χ0) is 14.4. The van der Waals surface area contributed by atoms with E-state index in [1.54, 1.807) is 0 Å². The largest absolute Gasteiger partial charge is 0.0654 e. The van der Waals surface area contributed by atoms with Crippen molar-refractivity contribution in [2.24, 2.45) is 35.5 Å². The van der Waals surface area contributed by atoms with E-state index in [4.69, 9.17) is 0 Å². The Bertz CT molecular complexity index is 228. The molecule has 0 aromatic heterocycles. The first-order valence-electron chi connectivity index (χ1n) is 9.01. The molecule has 0 radical (unpaired) electrons. The maximum absolute atomic E-state index is 2.44. The van der Waals surface area contributed by atoms with Gasteiger partial charge >= 0.3 is 0 Å². The summed E-state index contributed by atoms with van der Waals surface area (Å²) < 4.78 is 0. The summed E-state index contributed by atoms with van der Waals surface area (Å²) in [6, 6.07) is 0. The predicted octanol–water partition coefficient (Wildman–Crippen LogP) is 6.55. The van der Waals surface area contributed by atoms with Gasteiger partial charge in [0.15, 0.2) is 0 Å². The Morgan fingerprint density at radius 2 is 1.47 bits per heavy atom. The van der Waals surface area contributed by atoms with E-state index in [2.05, 4.69) is 41.5 Å². The summed E-state index contributed by atoms with van der Waals surface area (Å²) in [5.41, 5.74) is 0. The molecule has 0 heterocycles. The highest BCUT2D eigenvalue weighted by Gasteiger charge is 2.39. The Labute approximate surface area is 122 Å². The Morgan fingerprint density at radius 1 is 0.842 bits per heavy atom.